The summed E-state index contributed by atoms with van der Waals surface area (Å²) in [7, 11) is 0. The molecule has 1 unspecified atom stereocenters. The van der Waals surface area contributed by atoms with Gasteiger partial charge in [0.05, 0.1) is 37.1 Å². The zero-order valence-electron chi connectivity index (χ0n) is 17.3. The number of benzene rings is 1. The number of carbonyl (C=O) groups is 1. The maximum absolute atomic E-state index is 12.8. The zero-order chi connectivity index (χ0) is 21.8. The number of rotatable bonds is 5. The molecule has 1 amide bonds. The molecule has 2 saturated heterocycles. The molecule has 0 bridgehead atoms. The van der Waals surface area contributed by atoms with Gasteiger partial charge >= 0.3 is 6.18 Å². The molecular weight excluding hydrogens is 407 g/mol. The lowest BCUT2D eigenvalue weighted by atomic mass is 10.1. The highest BCUT2D eigenvalue weighted by molar-refractivity contribution is 5.78. The zero-order valence-corrected chi connectivity index (χ0v) is 17.3. The van der Waals surface area contributed by atoms with Gasteiger partial charge in [0.15, 0.2) is 0 Å². The Balaban J connectivity index is 1.42. The van der Waals surface area contributed by atoms with Gasteiger partial charge < -0.3 is 9.64 Å². The van der Waals surface area contributed by atoms with E-state index in [4.69, 9.17) is 9.72 Å². The molecule has 2 aliphatic heterocycles. The number of ether oxygens (including phenoxy) is 1. The van der Waals surface area contributed by atoms with Gasteiger partial charge in [-0.1, -0.05) is 18.2 Å². The SMILES string of the molecule is O=C(CN1CCCC1c1cccc(Cc2ccc(C(F)(F)F)cc2)n1)N1CCOCC1. The molecular formula is C23H26F3N3O2. The monoisotopic (exact) mass is 433 g/mol. The van der Waals surface area contributed by atoms with Crippen molar-refractivity contribution in [1.82, 2.24) is 14.8 Å². The van der Waals surface area contributed by atoms with Crippen molar-refractivity contribution < 1.29 is 22.7 Å². The highest BCUT2D eigenvalue weighted by Crippen LogP contribution is 2.31. The lowest BCUT2D eigenvalue weighted by Gasteiger charge is -2.30. The molecule has 4 rings (SSSR count). The first-order valence-corrected chi connectivity index (χ1v) is 10.6. The van der Waals surface area contributed by atoms with Gasteiger partial charge in [-0.05, 0) is 49.2 Å². The highest BCUT2D eigenvalue weighted by Gasteiger charge is 2.31. The average Bonchev–Trinajstić information content (AvgIpc) is 3.22. The number of carbonyl (C=O) groups excluding carboxylic acids is 1. The van der Waals surface area contributed by atoms with Crippen LogP contribution in [-0.4, -0.2) is 60.1 Å². The van der Waals surface area contributed by atoms with Crippen molar-refractivity contribution in [3.05, 3.63) is 65.0 Å². The average molecular weight is 433 g/mol. The first-order chi connectivity index (χ1) is 14.9. The van der Waals surface area contributed by atoms with Gasteiger partial charge in [-0.25, -0.2) is 0 Å². The minimum atomic E-state index is -4.33. The van der Waals surface area contributed by atoms with E-state index in [2.05, 4.69) is 4.90 Å². The third-order valence-electron chi connectivity index (χ3n) is 5.90. The number of amides is 1. The molecule has 2 fully saturated rings. The molecule has 3 heterocycles. The first kappa shape index (κ1) is 21.8. The normalized spacial score (nSPS) is 20.2. The van der Waals surface area contributed by atoms with Crippen molar-refractivity contribution in [1.29, 1.82) is 0 Å². The standard InChI is InChI=1S/C23H26F3N3O2/c24-23(25,26)18-8-6-17(7-9-18)15-19-3-1-4-20(27-19)21-5-2-10-29(21)16-22(30)28-11-13-31-14-12-28/h1,3-4,6-9,21H,2,5,10-16H2. The van der Waals surface area contributed by atoms with E-state index in [1.54, 1.807) is 0 Å². The van der Waals surface area contributed by atoms with E-state index in [-0.39, 0.29) is 11.9 Å². The number of nitrogens with zero attached hydrogens (tertiary/aromatic N) is 3. The summed E-state index contributed by atoms with van der Waals surface area (Å²) in [5, 5.41) is 0. The predicted octanol–water partition coefficient (Wildman–Crippen LogP) is 3.69. The molecule has 166 valence electrons. The van der Waals surface area contributed by atoms with Crippen LogP contribution in [0.3, 0.4) is 0 Å². The molecule has 0 spiro atoms. The third kappa shape index (κ3) is 5.43. The minimum absolute atomic E-state index is 0.0811. The summed E-state index contributed by atoms with van der Waals surface area (Å²) < 4.78 is 43.6. The second-order valence-corrected chi connectivity index (χ2v) is 8.05. The number of morpholine rings is 1. The smallest absolute Gasteiger partial charge is 0.378 e. The van der Waals surface area contributed by atoms with Gasteiger partial charge in [-0.15, -0.1) is 0 Å². The van der Waals surface area contributed by atoms with Crippen LogP contribution in [0.5, 0.6) is 0 Å². The molecule has 0 saturated carbocycles. The van der Waals surface area contributed by atoms with Crippen molar-refractivity contribution in [2.75, 3.05) is 39.4 Å². The van der Waals surface area contributed by atoms with E-state index in [0.717, 1.165) is 48.5 Å². The third-order valence-corrected chi connectivity index (χ3v) is 5.90. The fraction of sp³-hybridized carbons (Fsp3) is 0.478. The quantitative estimate of drug-likeness (QED) is 0.722. The Bertz CT molecular complexity index is 896. The minimum Gasteiger partial charge on any atom is -0.378 e. The fourth-order valence-electron chi connectivity index (χ4n) is 4.24. The molecule has 0 N–H and O–H groups in total. The molecule has 31 heavy (non-hydrogen) atoms. The van der Waals surface area contributed by atoms with Crippen LogP contribution in [0, 0.1) is 0 Å². The number of hydrogen-bond donors (Lipinski definition) is 0. The Morgan fingerprint density at radius 1 is 1.06 bits per heavy atom. The van der Waals surface area contributed by atoms with E-state index in [1.165, 1.54) is 12.1 Å². The summed E-state index contributed by atoms with van der Waals surface area (Å²) in [4.78, 5) is 21.5. The Morgan fingerprint density at radius 2 is 1.81 bits per heavy atom. The summed E-state index contributed by atoms with van der Waals surface area (Å²) in [6, 6.07) is 11.1. The van der Waals surface area contributed by atoms with Gasteiger partial charge in [0, 0.05) is 25.2 Å². The number of hydrogen-bond acceptors (Lipinski definition) is 4. The lowest BCUT2D eigenvalue weighted by molar-refractivity contribution is -0.138. The van der Waals surface area contributed by atoms with Crippen molar-refractivity contribution in [2.45, 2.75) is 31.5 Å². The van der Waals surface area contributed by atoms with Crippen molar-refractivity contribution in [3.8, 4) is 0 Å². The van der Waals surface area contributed by atoms with Gasteiger partial charge in [0.2, 0.25) is 5.91 Å². The number of pyridine rings is 1. The molecule has 1 aromatic carbocycles. The molecule has 0 radical (unpaired) electrons. The van der Waals surface area contributed by atoms with E-state index in [1.807, 2.05) is 23.1 Å². The van der Waals surface area contributed by atoms with E-state index in [9.17, 15) is 18.0 Å². The summed E-state index contributed by atoms with van der Waals surface area (Å²) in [5.41, 5.74) is 1.85. The van der Waals surface area contributed by atoms with Crippen LogP contribution < -0.4 is 0 Å². The number of aromatic nitrogens is 1. The predicted molar refractivity (Wildman–Crippen MR) is 109 cm³/mol. The molecule has 5 nitrogen and oxygen atoms in total. The Labute approximate surface area is 179 Å². The van der Waals surface area contributed by atoms with Crippen molar-refractivity contribution in [2.24, 2.45) is 0 Å². The summed E-state index contributed by atoms with van der Waals surface area (Å²) >= 11 is 0. The van der Waals surface area contributed by atoms with E-state index in [0.29, 0.717) is 39.3 Å². The number of alkyl halides is 3. The van der Waals surface area contributed by atoms with Crippen LogP contribution in [0.1, 0.15) is 41.4 Å². The van der Waals surface area contributed by atoms with E-state index >= 15 is 0 Å². The molecule has 1 aromatic heterocycles. The summed E-state index contributed by atoms with van der Waals surface area (Å²) in [6.07, 6.45) is -1.92. The van der Waals surface area contributed by atoms with E-state index < -0.39 is 11.7 Å². The molecule has 1 atom stereocenters. The van der Waals surface area contributed by atoms with Crippen LogP contribution in [0.2, 0.25) is 0 Å². The Kier molecular flexibility index (Phi) is 6.57. The van der Waals surface area contributed by atoms with Crippen molar-refractivity contribution >= 4 is 5.91 Å². The fourth-order valence-corrected chi connectivity index (χ4v) is 4.24. The summed E-state index contributed by atoms with van der Waals surface area (Å²) in [6.45, 7) is 3.67. The Hall–Kier alpha value is -2.45. The lowest BCUT2D eigenvalue weighted by Crippen LogP contribution is -2.45. The first-order valence-electron chi connectivity index (χ1n) is 10.6. The van der Waals surface area contributed by atoms with Crippen LogP contribution in [-0.2, 0) is 22.1 Å². The molecule has 2 aromatic rings. The van der Waals surface area contributed by atoms with Crippen LogP contribution >= 0.6 is 0 Å². The maximum atomic E-state index is 12.8. The largest absolute Gasteiger partial charge is 0.416 e. The van der Waals surface area contributed by atoms with Gasteiger partial charge in [-0.2, -0.15) is 13.2 Å². The number of likely N-dealkylation sites (tertiary alicyclic amines) is 1. The van der Waals surface area contributed by atoms with Gasteiger partial charge in [0.25, 0.3) is 0 Å². The van der Waals surface area contributed by atoms with Crippen LogP contribution in [0.15, 0.2) is 42.5 Å². The van der Waals surface area contributed by atoms with Crippen LogP contribution in [0.25, 0.3) is 0 Å². The van der Waals surface area contributed by atoms with Crippen molar-refractivity contribution in [3.63, 3.8) is 0 Å². The Morgan fingerprint density at radius 3 is 2.52 bits per heavy atom. The molecule has 0 aliphatic carbocycles. The second-order valence-electron chi connectivity index (χ2n) is 8.05. The summed E-state index contributed by atoms with van der Waals surface area (Å²) in [5.74, 6) is 0.121. The number of halogens is 3. The topological polar surface area (TPSA) is 45.7 Å². The van der Waals surface area contributed by atoms with Crippen LogP contribution in [0.4, 0.5) is 13.2 Å². The molecule has 8 heteroatoms. The molecule has 2 aliphatic rings. The maximum Gasteiger partial charge on any atom is 0.416 e. The highest BCUT2D eigenvalue weighted by atomic mass is 19.4. The van der Waals surface area contributed by atoms with Gasteiger partial charge in [-0.3, -0.25) is 14.7 Å². The van der Waals surface area contributed by atoms with Gasteiger partial charge in [0.1, 0.15) is 0 Å². The second kappa shape index (κ2) is 9.36.